The highest BCUT2D eigenvalue weighted by Gasteiger charge is 2.07. The van der Waals surface area contributed by atoms with Gasteiger partial charge in [-0.1, -0.05) is 18.2 Å². The topological polar surface area (TPSA) is 72.9 Å². The largest absolute Gasteiger partial charge is 0.352 e. The van der Waals surface area contributed by atoms with Crippen molar-refractivity contribution in [1.82, 2.24) is 15.1 Å². The van der Waals surface area contributed by atoms with Crippen LogP contribution in [0.2, 0.25) is 0 Å². The predicted octanol–water partition coefficient (Wildman–Crippen LogP) is 1.62. The van der Waals surface area contributed by atoms with Crippen molar-refractivity contribution >= 4 is 5.91 Å². The Labute approximate surface area is 118 Å². The maximum atomic E-state index is 11.7. The quantitative estimate of drug-likeness (QED) is 0.839. The number of hydrogen-bond acceptors (Lipinski definition) is 3. The Morgan fingerprint density at radius 1 is 1.40 bits per heavy atom. The Balaban J connectivity index is 1.98. The van der Waals surface area contributed by atoms with Crippen LogP contribution in [0.5, 0.6) is 0 Å². The summed E-state index contributed by atoms with van der Waals surface area (Å²) in [4.78, 5) is 11.7. The summed E-state index contributed by atoms with van der Waals surface area (Å²) in [5, 5.41) is 7.14. The van der Waals surface area contributed by atoms with Crippen LogP contribution in [0.4, 0.5) is 0 Å². The second-order valence-electron chi connectivity index (χ2n) is 4.87. The van der Waals surface area contributed by atoms with Crippen molar-refractivity contribution in [3.63, 3.8) is 0 Å². The van der Waals surface area contributed by atoms with E-state index in [9.17, 15) is 4.79 Å². The second kappa shape index (κ2) is 6.86. The fourth-order valence-corrected chi connectivity index (χ4v) is 1.94. The summed E-state index contributed by atoms with van der Waals surface area (Å²) in [5.74, 6) is 0.0255. The SMILES string of the molecule is CC(N)CCC(=O)NCc1ccccc1-n1cccn1. The van der Waals surface area contributed by atoms with Crippen LogP contribution >= 0.6 is 0 Å². The van der Waals surface area contributed by atoms with E-state index in [-0.39, 0.29) is 11.9 Å². The molecule has 3 N–H and O–H groups in total. The van der Waals surface area contributed by atoms with E-state index in [0.29, 0.717) is 19.4 Å². The van der Waals surface area contributed by atoms with Crippen molar-refractivity contribution < 1.29 is 4.79 Å². The van der Waals surface area contributed by atoms with E-state index in [1.807, 2.05) is 43.5 Å². The molecule has 5 nitrogen and oxygen atoms in total. The molecule has 0 spiro atoms. The number of amides is 1. The lowest BCUT2D eigenvalue weighted by Gasteiger charge is -2.11. The highest BCUT2D eigenvalue weighted by Crippen LogP contribution is 2.13. The van der Waals surface area contributed by atoms with Gasteiger partial charge in [0.1, 0.15) is 0 Å². The van der Waals surface area contributed by atoms with E-state index in [4.69, 9.17) is 5.73 Å². The molecular weight excluding hydrogens is 252 g/mol. The Bertz CT molecular complexity index is 549. The number of aromatic nitrogens is 2. The summed E-state index contributed by atoms with van der Waals surface area (Å²) in [5.41, 5.74) is 7.65. The zero-order valence-corrected chi connectivity index (χ0v) is 11.6. The minimum atomic E-state index is 0.0255. The summed E-state index contributed by atoms with van der Waals surface area (Å²) in [7, 11) is 0. The third-order valence-electron chi connectivity index (χ3n) is 3.05. The van der Waals surface area contributed by atoms with Gasteiger partial charge in [0.15, 0.2) is 0 Å². The first-order chi connectivity index (χ1) is 9.66. The minimum Gasteiger partial charge on any atom is -0.352 e. The van der Waals surface area contributed by atoms with Crippen LogP contribution < -0.4 is 11.1 Å². The first-order valence-corrected chi connectivity index (χ1v) is 6.77. The van der Waals surface area contributed by atoms with Gasteiger partial charge in [-0.15, -0.1) is 0 Å². The van der Waals surface area contributed by atoms with E-state index < -0.39 is 0 Å². The first-order valence-electron chi connectivity index (χ1n) is 6.77. The van der Waals surface area contributed by atoms with Gasteiger partial charge < -0.3 is 11.1 Å². The maximum absolute atomic E-state index is 11.7. The Hall–Kier alpha value is -2.14. The van der Waals surface area contributed by atoms with E-state index in [2.05, 4.69) is 10.4 Å². The van der Waals surface area contributed by atoms with Crippen molar-refractivity contribution in [2.24, 2.45) is 5.73 Å². The molecule has 1 unspecified atom stereocenters. The standard InChI is InChI=1S/C15H20N4O/c1-12(16)7-8-15(20)17-11-13-5-2-3-6-14(13)19-10-4-9-18-19/h2-6,9-10,12H,7-8,11,16H2,1H3,(H,17,20). The molecule has 1 atom stereocenters. The van der Waals surface area contributed by atoms with Crippen LogP contribution in [0.3, 0.4) is 0 Å². The van der Waals surface area contributed by atoms with Gasteiger partial charge in [-0.05, 0) is 31.0 Å². The highest BCUT2D eigenvalue weighted by molar-refractivity contribution is 5.76. The number of nitrogens with two attached hydrogens (primary N) is 1. The molecule has 1 amide bonds. The summed E-state index contributed by atoms with van der Waals surface area (Å²) in [6, 6.07) is 9.81. The Morgan fingerprint density at radius 2 is 2.20 bits per heavy atom. The van der Waals surface area contributed by atoms with E-state index >= 15 is 0 Å². The van der Waals surface area contributed by atoms with Gasteiger partial charge in [-0.3, -0.25) is 4.79 Å². The van der Waals surface area contributed by atoms with Gasteiger partial charge >= 0.3 is 0 Å². The molecule has 0 saturated carbocycles. The number of hydrogen-bond donors (Lipinski definition) is 2. The molecule has 2 aromatic rings. The number of carbonyl (C=O) groups is 1. The third kappa shape index (κ3) is 3.93. The average Bonchev–Trinajstić information content (AvgIpc) is 2.97. The molecule has 0 fully saturated rings. The number of nitrogens with zero attached hydrogens (tertiary/aromatic N) is 2. The van der Waals surface area contributed by atoms with Gasteiger partial charge in [0.25, 0.3) is 0 Å². The van der Waals surface area contributed by atoms with E-state index in [0.717, 1.165) is 11.3 Å². The Kier molecular flexibility index (Phi) is 4.90. The molecule has 2 rings (SSSR count). The number of carbonyl (C=O) groups excluding carboxylic acids is 1. The van der Waals surface area contributed by atoms with Gasteiger partial charge in [-0.25, -0.2) is 4.68 Å². The average molecular weight is 272 g/mol. The van der Waals surface area contributed by atoms with Gasteiger partial charge in [0.05, 0.1) is 5.69 Å². The van der Waals surface area contributed by atoms with Crippen molar-refractivity contribution in [1.29, 1.82) is 0 Å². The molecule has 5 heteroatoms. The lowest BCUT2D eigenvalue weighted by molar-refractivity contribution is -0.121. The molecule has 0 aliphatic rings. The number of benzene rings is 1. The van der Waals surface area contributed by atoms with Crippen molar-refractivity contribution in [2.75, 3.05) is 0 Å². The van der Waals surface area contributed by atoms with Crippen LogP contribution in [-0.4, -0.2) is 21.7 Å². The van der Waals surface area contributed by atoms with Crippen molar-refractivity contribution in [2.45, 2.75) is 32.4 Å². The van der Waals surface area contributed by atoms with Crippen LogP contribution in [0.15, 0.2) is 42.7 Å². The zero-order chi connectivity index (χ0) is 14.4. The normalized spacial score (nSPS) is 12.1. The Morgan fingerprint density at radius 3 is 2.90 bits per heavy atom. The predicted molar refractivity (Wildman–Crippen MR) is 78.3 cm³/mol. The summed E-state index contributed by atoms with van der Waals surface area (Å²) >= 11 is 0. The molecular formula is C15H20N4O. The smallest absolute Gasteiger partial charge is 0.220 e. The lowest BCUT2D eigenvalue weighted by atomic mass is 10.1. The molecule has 0 bridgehead atoms. The van der Waals surface area contributed by atoms with E-state index in [1.165, 1.54) is 0 Å². The summed E-state index contributed by atoms with van der Waals surface area (Å²) in [6.45, 7) is 2.40. The third-order valence-corrected chi connectivity index (χ3v) is 3.05. The number of rotatable bonds is 6. The molecule has 1 heterocycles. The molecule has 0 aliphatic carbocycles. The molecule has 0 aliphatic heterocycles. The van der Waals surface area contributed by atoms with Gasteiger partial charge in [0.2, 0.25) is 5.91 Å². The monoisotopic (exact) mass is 272 g/mol. The first kappa shape index (κ1) is 14.3. The fourth-order valence-electron chi connectivity index (χ4n) is 1.94. The minimum absolute atomic E-state index is 0.0255. The molecule has 20 heavy (non-hydrogen) atoms. The number of nitrogens with one attached hydrogen (secondary N) is 1. The van der Waals surface area contributed by atoms with Crippen LogP contribution in [0, 0.1) is 0 Å². The molecule has 1 aromatic heterocycles. The van der Waals surface area contributed by atoms with Crippen LogP contribution in [0.1, 0.15) is 25.3 Å². The van der Waals surface area contributed by atoms with Crippen LogP contribution in [-0.2, 0) is 11.3 Å². The van der Waals surface area contributed by atoms with Crippen molar-refractivity contribution in [3.05, 3.63) is 48.3 Å². The van der Waals surface area contributed by atoms with E-state index in [1.54, 1.807) is 10.9 Å². The summed E-state index contributed by atoms with van der Waals surface area (Å²) < 4.78 is 1.80. The van der Waals surface area contributed by atoms with Gasteiger partial charge in [-0.2, -0.15) is 5.10 Å². The molecule has 0 saturated heterocycles. The van der Waals surface area contributed by atoms with Crippen molar-refractivity contribution in [3.8, 4) is 5.69 Å². The van der Waals surface area contributed by atoms with Gasteiger partial charge in [0, 0.05) is 31.4 Å². The zero-order valence-electron chi connectivity index (χ0n) is 11.6. The molecule has 106 valence electrons. The molecule has 0 radical (unpaired) electrons. The fraction of sp³-hybridized carbons (Fsp3) is 0.333. The lowest BCUT2D eigenvalue weighted by Crippen LogP contribution is -2.25. The summed E-state index contributed by atoms with van der Waals surface area (Å²) in [6.07, 6.45) is 4.78. The maximum Gasteiger partial charge on any atom is 0.220 e. The van der Waals surface area contributed by atoms with Crippen LogP contribution in [0.25, 0.3) is 5.69 Å². The number of para-hydroxylation sites is 1. The highest BCUT2D eigenvalue weighted by atomic mass is 16.1. The molecule has 1 aromatic carbocycles. The second-order valence-corrected chi connectivity index (χ2v) is 4.87.